The van der Waals surface area contributed by atoms with Gasteiger partial charge in [0.2, 0.25) is 0 Å². The summed E-state index contributed by atoms with van der Waals surface area (Å²) >= 11 is 1.81. The summed E-state index contributed by atoms with van der Waals surface area (Å²) in [6, 6.07) is 87.8. The van der Waals surface area contributed by atoms with E-state index in [-0.39, 0.29) is 0 Å². The van der Waals surface area contributed by atoms with E-state index in [0.29, 0.717) is 5.82 Å². The molecule has 0 atom stereocenters. The van der Waals surface area contributed by atoms with Gasteiger partial charge in [-0.25, -0.2) is 9.97 Å². The molecule has 0 fully saturated rings. The zero-order valence-corrected chi connectivity index (χ0v) is 38.7. The molecule has 4 heteroatoms. The number of thiophene rings is 1. The van der Waals surface area contributed by atoms with Crippen LogP contribution >= 0.6 is 11.3 Å². The molecule has 0 aliphatic carbocycles. The summed E-state index contributed by atoms with van der Waals surface area (Å²) in [5.41, 5.74) is 20.5. The van der Waals surface area contributed by atoms with Crippen LogP contribution in [0.5, 0.6) is 0 Å². The molecular weight excluding hydrogens is 867 g/mol. The van der Waals surface area contributed by atoms with Crippen LogP contribution in [0.25, 0.3) is 138 Å². The zero-order valence-electron chi connectivity index (χ0n) is 37.9. The van der Waals surface area contributed by atoms with Crippen LogP contribution in [0.15, 0.2) is 248 Å². The van der Waals surface area contributed by atoms with Crippen LogP contribution in [-0.4, -0.2) is 14.4 Å². The van der Waals surface area contributed by atoms with Crippen LogP contribution in [0.1, 0.15) is 0 Å². The quantitative estimate of drug-likeness (QED) is 0.152. The van der Waals surface area contributed by atoms with Crippen molar-refractivity contribution in [1.29, 1.82) is 0 Å². The lowest BCUT2D eigenvalue weighted by molar-refractivity contribution is 1.18. The van der Waals surface area contributed by atoms with Gasteiger partial charge < -0.3 is 4.40 Å². The first-order valence-corrected chi connectivity index (χ1v) is 24.7. The van der Waals surface area contributed by atoms with Crippen molar-refractivity contribution in [3.63, 3.8) is 0 Å². The van der Waals surface area contributed by atoms with Crippen molar-refractivity contribution >= 4 is 59.5 Å². The molecule has 4 aromatic heterocycles. The van der Waals surface area contributed by atoms with Crippen molar-refractivity contribution in [3.05, 3.63) is 248 Å². The van der Waals surface area contributed by atoms with Crippen molar-refractivity contribution in [1.82, 2.24) is 14.4 Å². The first-order chi connectivity index (χ1) is 34.7. The second-order valence-electron chi connectivity index (χ2n) is 18.2. The van der Waals surface area contributed by atoms with E-state index in [1.807, 2.05) is 23.5 Å². The van der Waals surface area contributed by atoms with E-state index in [9.17, 15) is 0 Å². The van der Waals surface area contributed by atoms with Crippen molar-refractivity contribution in [2.24, 2.45) is 0 Å². The minimum atomic E-state index is 0.700. The summed E-state index contributed by atoms with van der Waals surface area (Å²) in [5.74, 6) is 0.700. The van der Waals surface area contributed by atoms with E-state index in [1.54, 1.807) is 0 Å². The van der Waals surface area contributed by atoms with Crippen LogP contribution in [0, 0.1) is 0 Å². The van der Waals surface area contributed by atoms with Crippen molar-refractivity contribution < 1.29 is 0 Å². The molecule has 70 heavy (non-hydrogen) atoms. The third-order valence-electron chi connectivity index (χ3n) is 14.0. The van der Waals surface area contributed by atoms with E-state index in [1.165, 1.54) is 87.1 Å². The summed E-state index contributed by atoms with van der Waals surface area (Å²) in [6.45, 7) is 0. The molecule has 0 aliphatic rings. The monoisotopic (exact) mass is 907 g/mol. The molecule has 14 rings (SSSR count). The Kier molecular flexibility index (Phi) is 9.39. The molecule has 0 bridgehead atoms. The number of aromatic nitrogens is 3. The predicted octanol–water partition coefficient (Wildman–Crippen LogP) is 18.2. The summed E-state index contributed by atoms with van der Waals surface area (Å²) in [5, 5.41) is 8.63. The molecule has 326 valence electrons. The smallest absolute Gasteiger partial charge is 0.160 e. The summed E-state index contributed by atoms with van der Waals surface area (Å²) in [6.07, 6.45) is 0. The molecule has 0 N–H and O–H groups in total. The number of nitrogens with zero attached hydrogens (tertiary/aromatic N) is 3. The fourth-order valence-electron chi connectivity index (χ4n) is 10.6. The Morgan fingerprint density at radius 2 is 0.729 bits per heavy atom. The van der Waals surface area contributed by atoms with Gasteiger partial charge in [0.1, 0.15) is 0 Å². The minimum Gasteiger partial charge on any atom is -0.308 e. The Morgan fingerprint density at radius 1 is 0.300 bits per heavy atom. The number of para-hydroxylation sites is 1. The summed E-state index contributed by atoms with van der Waals surface area (Å²) < 4.78 is 3.84. The Hall–Kier alpha value is -8.96. The first-order valence-electron chi connectivity index (χ1n) is 23.8. The van der Waals surface area contributed by atoms with Crippen LogP contribution in [0.4, 0.5) is 0 Å². The van der Waals surface area contributed by atoms with Crippen LogP contribution in [0.2, 0.25) is 0 Å². The SMILES string of the molecule is c1ccc(-c2cc(-c3ccccc3)nc(-c3cccc(-c4cccc(-c5cccc(-c6cccc(-c7ccc8c9cccc%10c%11ccc(-c%12cccc%13ccsc%12%13)cc%11n(c8c7)c9%10)c6)c5)c4)c3)n2)cc1. The molecule has 10 aromatic carbocycles. The second-order valence-corrected chi connectivity index (χ2v) is 19.1. The van der Waals surface area contributed by atoms with Gasteiger partial charge in [0, 0.05) is 42.9 Å². The highest BCUT2D eigenvalue weighted by atomic mass is 32.1. The Balaban J connectivity index is 0.802. The van der Waals surface area contributed by atoms with Gasteiger partial charge in [0.25, 0.3) is 0 Å². The molecule has 0 radical (unpaired) electrons. The summed E-state index contributed by atoms with van der Waals surface area (Å²) in [7, 11) is 0. The standard InChI is InChI=1S/C66H41N3S/c1-3-13-42(14-4-1)60-41-61(43-15-5-2-6-16-43)68-66(67-60)54-25-10-24-51(38-54)49-22-8-20-47(36-49)45-18-7-19-46(35-45)48-21-9-23-50(37-48)52-29-31-56-58-27-12-28-59-57-32-30-53(40-63(57)69(64(58)59)62(56)39-52)55-26-11-17-44-33-34-70-65(44)55/h1-41H. The molecule has 0 saturated heterocycles. The van der Waals surface area contributed by atoms with E-state index in [4.69, 9.17) is 9.97 Å². The average molecular weight is 908 g/mol. The summed E-state index contributed by atoms with van der Waals surface area (Å²) in [4.78, 5) is 10.2. The van der Waals surface area contributed by atoms with Crippen LogP contribution in [0.3, 0.4) is 0 Å². The van der Waals surface area contributed by atoms with E-state index in [0.717, 1.165) is 44.8 Å². The van der Waals surface area contributed by atoms with Gasteiger partial charge in [-0.2, -0.15) is 0 Å². The number of fused-ring (bicyclic) bond motifs is 7. The fourth-order valence-corrected chi connectivity index (χ4v) is 11.5. The molecule has 0 saturated carbocycles. The van der Waals surface area contributed by atoms with Crippen molar-refractivity contribution in [3.8, 4) is 89.5 Å². The topological polar surface area (TPSA) is 30.2 Å². The molecule has 4 heterocycles. The first kappa shape index (κ1) is 40.1. The van der Waals surface area contributed by atoms with Gasteiger partial charge in [-0.3, -0.25) is 0 Å². The molecule has 0 aliphatic heterocycles. The number of hydrogen-bond donors (Lipinski definition) is 0. The second kappa shape index (κ2) is 16.4. The lowest BCUT2D eigenvalue weighted by atomic mass is 9.94. The molecule has 14 aromatic rings. The van der Waals surface area contributed by atoms with Gasteiger partial charge in [0.05, 0.1) is 27.9 Å². The zero-order chi connectivity index (χ0) is 46.1. The van der Waals surface area contributed by atoms with E-state index >= 15 is 0 Å². The third-order valence-corrected chi connectivity index (χ3v) is 15.0. The Labute approximate surface area is 409 Å². The van der Waals surface area contributed by atoms with Gasteiger partial charge in [-0.15, -0.1) is 11.3 Å². The van der Waals surface area contributed by atoms with Crippen LogP contribution in [-0.2, 0) is 0 Å². The normalized spacial score (nSPS) is 11.7. The van der Waals surface area contributed by atoms with Crippen LogP contribution < -0.4 is 0 Å². The number of rotatable bonds is 8. The third kappa shape index (κ3) is 6.80. The average Bonchev–Trinajstić information content (AvgIpc) is 4.16. The van der Waals surface area contributed by atoms with E-state index < -0.39 is 0 Å². The van der Waals surface area contributed by atoms with Crippen molar-refractivity contribution in [2.75, 3.05) is 0 Å². The number of hydrogen-bond acceptors (Lipinski definition) is 3. The minimum absolute atomic E-state index is 0.700. The molecule has 0 spiro atoms. The Morgan fingerprint density at radius 3 is 1.27 bits per heavy atom. The lowest BCUT2D eigenvalue weighted by Crippen LogP contribution is -1.96. The van der Waals surface area contributed by atoms with Crippen molar-refractivity contribution in [2.45, 2.75) is 0 Å². The van der Waals surface area contributed by atoms with Gasteiger partial charge in [0.15, 0.2) is 5.82 Å². The molecule has 3 nitrogen and oxygen atoms in total. The number of benzene rings is 10. The highest BCUT2D eigenvalue weighted by Crippen LogP contribution is 2.43. The van der Waals surface area contributed by atoms with Gasteiger partial charge in [-0.05, 0) is 115 Å². The molecular formula is C66H41N3S. The van der Waals surface area contributed by atoms with Gasteiger partial charge >= 0.3 is 0 Å². The predicted molar refractivity (Wildman–Crippen MR) is 296 cm³/mol. The fraction of sp³-hybridized carbons (Fsp3) is 0. The maximum Gasteiger partial charge on any atom is 0.160 e. The van der Waals surface area contributed by atoms with Gasteiger partial charge in [-0.1, -0.05) is 194 Å². The molecule has 0 amide bonds. The lowest BCUT2D eigenvalue weighted by Gasteiger charge is -2.12. The maximum absolute atomic E-state index is 5.11. The largest absolute Gasteiger partial charge is 0.308 e. The molecule has 0 unspecified atom stereocenters. The highest BCUT2D eigenvalue weighted by molar-refractivity contribution is 7.17. The highest BCUT2D eigenvalue weighted by Gasteiger charge is 2.19. The Bertz CT molecular complexity index is 4240. The van der Waals surface area contributed by atoms with E-state index in [2.05, 4.69) is 240 Å². The maximum atomic E-state index is 5.11.